The average molecular weight is 317 g/mol. The molecule has 1 amide bonds. The molecule has 0 aliphatic carbocycles. The average Bonchev–Trinajstić information content (AvgIpc) is 2.70. The van der Waals surface area contributed by atoms with Gasteiger partial charge in [0.2, 0.25) is 5.91 Å². The third kappa shape index (κ3) is 2.53. The van der Waals surface area contributed by atoms with Gasteiger partial charge in [0.15, 0.2) is 6.29 Å². The summed E-state index contributed by atoms with van der Waals surface area (Å²) in [4.78, 5) is 24.5. The summed E-state index contributed by atoms with van der Waals surface area (Å²) in [6.45, 7) is 0.588. The maximum Gasteiger partial charge on any atom is 0.227 e. The molecule has 0 N–H and O–H groups in total. The van der Waals surface area contributed by atoms with Gasteiger partial charge in [-0.25, -0.2) is 0 Å². The molecule has 1 aromatic rings. The summed E-state index contributed by atoms with van der Waals surface area (Å²) in [5, 5.41) is 0. The summed E-state index contributed by atoms with van der Waals surface area (Å²) >= 11 is 9.07. The van der Waals surface area contributed by atoms with Crippen LogP contribution >= 0.6 is 27.5 Å². The Morgan fingerprint density at radius 1 is 1.53 bits per heavy atom. The lowest BCUT2D eigenvalue weighted by atomic mass is 10.1. The van der Waals surface area contributed by atoms with Gasteiger partial charge in [0.1, 0.15) is 0 Å². The number of carbonyl (C=O) groups is 2. The quantitative estimate of drug-likeness (QED) is 0.635. The van der Waals surface area contributed by atoms with Crippen molar-refractivity contribution >= 4 is 45.4 Å². The number of halogens is 2. The lowest BCUT2D eigenvalue weighted by Gasteiger charge is -2.18. The van der Waals surface area contributed by atoms with E-state index in [0.29, 0.717) is 30.1 Å². The minimum absolute atomic E-state index is 0.0288. The number of alkyl halides is 1. The zero-order chi connectivity index (χ0) is 12.4. The largest absolute Gasteiger partial charge is 0.311 e. The summed E-state index contributed by atoms with van der Waals surface area (Å²) in [6.07, 6.45) is 1.22. The van der Waals surface area contributed by atoms with E-state index in [4.69, 9.17) is 11.6 Å². The van der Waals surface area contributed by atoms with Crippen LogP contribution in [0.5, 0.6) is 0 Å². The van der Waals surface area contributed by atoms with Crippen molar-refractivity contribution in [3.63, 3.8) is 0 Å². The van der Waals surface area contributed by atoms with Gasteiger partial charge in [-0.15, -0.1) is 11.6 Å². The molecule has 3 nitrogen and oxygen atoms in total. The topological polar surface area (TPSA) is 37.4 Å². The Labute approximate surface area is 113 Å². The van der Waals surface area contributed by atoms with Gasteiger partial charge in [-0.2, -0.15) is 0 Å². The Balaban J connectivity index is 2.34. The van der Waals surface area contributed by atoms with Crippen LogP contribution < -0.4 is 4.90 Å². The van der Waals surface area contributed by atoms with E-state index >= 15 is 0 Å². The van der Waals surface area contributed by atoms with Gasteiger partial charge in [0, 0.05) is 28.9 Å². The second-order valence-corrected chi connectivity index (χ2v) is 5.27. The van der Waals surface area contributed by atoms with Crippen LogP contribution in [-0.4, -0.2) is 24.6 Å². The highest BCUT2D eigenvalue weighted by Crippen LogP contribution is 2.29. The van der Waals surface area contributed by atoms with Crippen LogP contribution in [0.4, 0.5) is 5.69 Å². The minimum atomic E-state index is 0.0288. The van der Waals surface area contributed by atoms with Gasteiger partial charge in [0.05, 0.1) is 5.69 Å². The molecule has 17 heavy (non-hydrogen) atoms. The maximum atomic E-state index is 11.8. The van der Waals surface area contributed by atoms with E-state index in [-0.39, 0.29) is 11.8 Å². The van der Waals surface area contributed by atoms with E-state index in [1.807, 2.05) is 6.07 Å². The van der Waals surface area contributed by atoms with Crippen LogP contribution in [0.2, 0.25) is 0 Å². The minimum Gasteiger partial charge on any atom is -0.311 e. The molecule has 5 heteroatoms. The first-order chi connectivity index (χ1) is 8.15. The molecule has 0 aromatic heterocycles. The fourth-order valence-corrected chi connectivity index (χ4v) is 2.57. The van der Waals surface area contributed by atoms with E-state index in [1.54, 1.807) is 17.0 Å². The smallest absolute Gasteiger partial charge is 0.227 e. The molecule has 0 bridgehead atoms. The molecular formula is C12H11BrClNO2. The molecule has 0 radical (unpaired) electrons. The number of hydrogen-bond donors (Lipinski definition) is 0. The molecular weight excluding hydrogens is 305 g/mol. The fraction of sp³-hybridized carbons (Fsp3) is 0.333. The normalized spacial score (nSPS) is 19.8. The number of carbonyl (C=O) groups excluding carboxylic acids is 2. The van der Waals surface area contributed by atoms with E-state index in [2.05, 4.69) is 15.9 Å². The summed E-state index contributed by atoms with van der Waals surface area (Å²) in [7, 11) is 0. The first kappa shape index (κ1) is 12.6. The lowest BCUT2D eigenvalue weighted by Crippen LogP contribution is -2.25. The number of aldehydes is 1. The summed E-state index contributed by atoms with van der Waals surface area (Å²) in [6, 6.07) is 5.32. The second kappa shape index (κ2) is 5.19. The highest BCUT2D eigenvalue weighted by molar-refractivity contribution is 9.10. The Hall–Kier alpha value is -0.870. The van der Waals surface area contributed by atoms with Crippen molar-refractivity contribution in [3.05, 3.63) is 28.2 Å². The van der Waals surface area contributed by atoms with Crippen molar-refractivity contribution in [1.82, 2.24) is 0 Å². The third-order valence-electron chi connectivity index (χ3n) is 2.83. The molecule has 1 aliphatic rings. The fourth-order valence-electron chi connectivity index (χ4n) is 1.98. The first-order valence-corrected chi connectivity index (χ1v) is 6.59. The number of rotatable bonds is 3. The van der Waals surface area contributed by atoms with Crippen molar-refractivity contribution in [2.24, 2.45) is 5.92 Å². The monoisotopic (exact) mass is 315 g/mol. The highest BCUT2D eigenvalue weighted by Gasteiger charge is 2.31. The van der Waals surface area contributed by atoms with Gasteiger partial charge in [-0.05, 0) is 24.1 Å². The molecule has 90 valence electrons. The van der Waals surface area contributed by atoms with Crippen molar-refractivity contribution in [2.45, 2.75) is 6.42 Å². The number of hydrogen-bond acceptors (Lipinski definition) is 2. The van der Waals surface area contributed by atoms with Gasteiger partial charge < -0.3 is 4.90 Å². The second-order valence-electron chi connectivity index (χ2n) is 4.05. The van der Waals surface area contributed by atoms with Crippen molar-refractivity contribution < 1.29 is 9.59 Å². The van der Waals surface area contributed by atoms with Crippen LogP contribution in [0.3, 0.4) is 0 Å². The van der Waals surface area contributed by atoms with Crippen LogP contribution in [0, 0.1) is 5.92 Å². The number of benzene rings is 1. The predicted molar refractivity (Wildman–Crippen MR) is 70.7 cm³/mol. The van der Waals surface area contributed by atoms with E-state index in [0.717, 1.165) is 10.8 Å². The van der Waals surface area contributed by atoms with Crippen molar-refractivity contribution in [1.29, 1.82) is 0 Å². The van der Waals surface area contributed by atoms with E-state index in [1.165, 1.54) is 0 Å². The Morgan fingerprint density at radius 3 is 2.88 bits per heavy atom. The van der Waals surface area contributed by atoms with Gasteiger partial charge in [-0.3, -0.25) is 9.59 Å². The van der Waals surface area contributed by atoms with Gasteiger partial charge in [0.25, 0.3) is 0 Å². The van der Waals surface area contributed by atoms with Crippen molar-refractivity contribution in [3.8, 4) is 0 Å². The summed E-state index contributed by atoms with van der Waals surface area (Å²) in [5.74, 6) is 0.670. The molecule has 1 aromatic carbocycles. The maximum absolute atomic E-state index is 11.8. The number of anilines is 1. The zero-order valence-electron chi connectivity index (χ0n) is 9.03. The van der Waals surface area contributed by atoms with Gasteiger partial charge >= 0.3 is 0 Å². The van der Waals surface area contributed by atoms with Crippen LogP contribution in [0.1, 0.15) is 16.8 Å². The van der Waals surface area contributed by atoms with Crippen LogP contribution in [0.25, 0.3) is 0 Å². The molecule has 1 aliphatic heterocycles. The molecule has 1 unspecified atom stereocenters. The van der Waals surface area contributed by atoms with E-state index < -0.39 is 0 Å². The predicted octanol–water partition coefficient (Wildman–Crippen LogP) is 2.85. The number of nitrogens with zero attached hydrogens (tertiary/aromatic N) is 1. The Morgan fingerprint density at radius 2 is 2.29 bits per heavy atom. The SMILES string of the molecule is O=Cc1cc(Br)ccc1N1CC(CCl)CC1=O. The zero-order valence-corrected chi connectivity index (χ0v) is 11.4. The molecule has 2 rings (SSSR count). The molecule has 0 saturated carbocycles. The first-order valence-electron chi connectivity index (χ1n) is 5.26. The van der Waals surface area contributed by atoms with E-state index in [9.17, 15) is 9.59 Å². The standard InChI is InChI=1S/C12H11BrClNO2/c13-10-1-2-11(9(4-10)7-16)15-6-8(5-14)3-12(15)17/h1-2,4,7-8H,3,5-6H2. The molecule has 1 heterocycles. The van der Waals surface area contributed by atoms with Crippen LogP contribution in [-0.2, 0) is 4.79 Å². The van der Waals surface area contributed by atoms with Crippen molar-refractivity contribution in [2.75, 3.05) is 17.3 Å². The van der Waals surface area contributed by atoms with Gasteiger partial charge in [-0.1, -0.05) is 15.9 Å². The summed E-state index contributed by atoms with van der Waals surface area (Å²) < 4.78 is 0.823. The van der Waals surface area contributed by atoms with Crippen LogP contribution in [0.15, 0.2) is 22.7 Å². The lowest BCUT2D eigenvalue weighted by molar-refractivity contribution is -0.117. The molecule has 1 atom stereocenters. The Kier molecular flexibility index (Phi) is 3.84. The summed E-state index contributed by atoms with van der Waals surface area (Å²) in [5.41, 5.74) is 1.18. The molecule has 0 spiro atoms. The number of amides is 1. The molecule has 1 fully saturated rings. The highest BCUT2D eigenvalue weighted by atomic mass is 79.9. The molecule has 1 saturated heterocycles. The Bertz CT molecular complexity index is 464. The third-order valence-corrected chi connectivity index (χ3v) is 3.76.